The van der Waals surface area contributed by atoms with Crippen molar-refractivity contribution >= 4 is 31.8 Å². The Kier molecular flexibility index (Phi) is 8.68. The SMILES string of the molecule is CC(=O)N[C@@H](C)c1ccc(OI2CCCN(c3ccc(OCCC(F)F)cc3)C2)nc1. The Labute approximate surface area is 189 Å². The van der Waals surface area contributed by atoms with Crippen LogP contribution in [0.2, 0.25) is 0 Å². The fourth-order valence-electron chi connectivity index (χ4n) is 3.15. The number of carbonyl (C=O) groups is 1. The molecule has 2 heterocycles. The zero-order chi connectivity index (χ0) is 22.2. The normalized spacial score (nSPS) is 16.2. The molecule has 1 atom stereocenters. The van der Waals surface area contributed by atoms with Crippen molar-refractivity contribution in [3.63, 3.8) is 0 Å². The van der Waals surface area contributed by atoms with E-state index >= 15 is 0 Å². The summed E-state index contributed by atoms with van der Waals surface area (Å²) < 4.78 is 38.0. The van der Waals surface area contributed by atoms with E-state index in [2.05, 4.69) is 15.2 Å². The number of ether oxygens (including phenoxy) is 1. The van der Waals surface area contributed by atoms with Crippen LogP contribution in [-0.2, 0) is 4.79 Å². The van der Waals surface area contributed by atoms with Gasteiger partial charge in [-0.3, -0.25) is 0 Å². The van der Waals surface area contributed by atoms with Crippen molar-refractivity contribution in [3.05, 3.63) is 48.2 Å². The molecule has 1 aliphatic heterocycles. The van der Waals surface area contributed by atoms with E-state index in [4.69, 9.17) is 7.80 Å². The van der Waals surface area contributed by atoms with Crippen molar-refractivity contribution in [2.24, 2.45) is 0 Å². The number of amides is 1. The summed E-state index contributed by atoms with van der Waals surface area (Å²) in [7, 11) is 0. The number of anilines is 1. The summed E-state index contributed by atoms with van der Waals surface area (Å²) in [4.78, 5) is 17.9. The first-order valence-corrected chi connectivity index (χ1v) is 14.1. The number of aromatic nitrogens is 1. The van der Waals surface area contributed by atoms with Crippen molar-refractivity contribution in [2.45, 2.75) is 39.2 Å². The molecule has 1 N–H and O–H groups in total. The molecular formula is C22H28F2IN3O3. The van der Waals surface area contributed by atoms with Crippen LogP contribution >= 0.6 is 20.2 Å². The predicted molar refractivity (Wildman–Crippen MR) is 125 cm³/mol. The number of benzene rings is 1. The standard InChI is InChI=1S/C22H28F2IN3O3/c1-16(27-17(2)29)18-4-9-22(26-14-18)31-25-11-3-12-28(15-25)19-5-7-20(8-6-19)30-13-10-21(23)24/h4-9,14,16,21H,3,10-13,15H2,1-2H3,(H,27,29)/t16-/m0/s1. The molecule has 6 nitrogen and oxygen atoms in total. The van der Waals surface area contributed by atoms with E-state index in [1.54, 1.807) is 6.20 Å². The molecule has 0 spiro atoms. The number of hydrogen-bond donors (Lipinski definition) is 1. The van der Waals surface area contributed by atoms with Crippen molar-refractivity contribution < 1.29 is 21.4 Å². The van der Waals surface area contributed by atoms with Crippen LogP contribution in [0.25, 0.3) is 0 Å². The van der Waals surface area contributed by atoms with Gasteiger partial charge in [0, 0.05) is 0 Å². The van der Waals surface area contributed by atoms with Gasteiger partial charge in [-0.2, -0.15) is 0 Å². The first kappa shape index (κ1) is 23.5. The van der Waals surface area contributed by atoms with Gasteiger partial charge in [-0.1, -0.05) is 0 Å². The van der Waals surface area contributed by atoms with Crippen LogP contribution in [0.1, 0.15) is 38.3 Å². The van der Waals surface area contributed by atoms with E-state index < -0.39 is 26.7 Å². The topological polar surface area (TPSA) is 63.7 Å². The van der Waals surface area contributed by atoms with Crippen LogP contribution in [0.5, 0.6) is 11.6 Å². The summed E-state index contributed by atoms with van der Waals surface area (Å²) >= 11 is -1.70. The van der Waals surface area contributed by atoms with Gasteiger partial charge in [0.2, 0.25) is 0 Å². The number of nitrogens with one attached hydrogen (secondary N) is 1. The van der Waals surface area contributed by atoms with Crippen LogP contribution < -0.4 is 18.0 Å². The Morgan fingerprint density at radius 3 is 2.68 bits per heavy atom. The van der Waals surface area contributed by atoms with Crippen LogP contribution in [-0.4, -0.2) is 39.4 Å². The van der Waals surface area contributed by atoms with E-state index in [-0.39, 0.29) is 25.0 Å². The average molecular weight is 547 g/mol. The zero-order valence-electron chi connectivity index (χ0n) is 17.7. The molecule has 0 bridgehead atoms. The number of carbonyl (C=O) groups excluding carboxylic acids is 1. The molecule has 1 fully saturated rings. The molecule has 0 unspecified atom stereocenters. The molecule has 170 valence electrons. The third-order valence-corrected chi connectivity index (χ3v) is 9.35. The fraction of sp³-hybridized carbons (Fsp3) is 0.455. The van der Waals surface area contributed by atoms with E-state index in [9.17, 15) is 13.6 Å². The van der Waals surface area contributed by atoms with E-state index in [0.717, 1.165) is 33.2 Å². The summed E-state index contributed by atoms with van der Waals surface area (Å²) in [6, 6.07) is 11.3. The average Bonchev–Trinajstić information content (AvgIpc) is 2.74. The Hall–Kier alpha value is -2.17. The van der Waals surface area contributed by atoms with Gasteiger partial charge in [-0.15, -0.1) is 0 Å². The summed E-state index contributed by atoms with van der Waals surface area (Å²) in [6.45, 7) is 4.39. The molecule has 1 aliphatic rings. The number of pyridine rings is 1. The first-order chi connectivity index (χ1) is 14.9. The van der Waals surface area contributed by atoms with Crippen molar-refractivity contribution in [1.82, 2.24) is 10.3 Å². The second-order valence-electron chi connectivity index (χ2n) is 7.28. The van der Waals surface area contributed by atoms with Gasteiger partial charge in [0.05, 0.1) is 0 Å². The first-order valence-electron chi connectivity index (χ1n) is 10.2. The van der Waals surface area contributed by atoms with Gasteiger partial charge < -0.3 is 0 Å². The van der Waals surface area contributed by atoms with Crippen molar-refractivity contribution in [2.75, 3.05) is 27.0 Å². The molecule has 1 amide bonds. The van der Waals surface area contributed by atoms with Gasteiger partial charge in [-0.25, -0.2) is 0 Å². The molecule has 9 heteroatoms. The number of rotatable bonds is 9. The van der Waals surface area contributed by atoms with Crippen LogP contribution in [0.3, 0.4) is 0 Å². The Bertz CT molecular complexity index is 837. The molecular weight excluding hydrogens is 519 g/mol. The third-order valence-electron chi connectivity index (χ3n) is 4.72. The van der Waals surface area contributed by atoms with Gasteiger partial charge in [0.25, 0.3) is 0 Å². The number of hydrogen-bond acceptors (Lipinski definition) is 5. The van der Waals surface area contributed by atoms with Crippen molar-refractivity contribution in [3.8, 4) is 11.6 Å². The third kappa shape index (κ3) is 7.48. The Balaban J connectivity index is 1.53. The predicted octanol–water partition coefficient (Wildman–Crippen LogP) is 4.98. The fourth-order valence-corrected chi connectivity index (χ4v) is 7.60. The zero-order valence-corrected chi connectivity index (χ0v) is 19.8. The van der Waals surface area contributed by atoms with Crippen molar-refractivity contribution in [1.29, 1.82) is 0 Å². The second-order valence-corrected chi connectivity index (χ2v) is 11.8. The summed E-state index contributed by atoms with van der Waals surface area (Å²) in [5.74, 6) is 1.16. The number of nitrogens with zero attached hydrogens (tertiary/aromatic N) is 2. The van der Waals surface area contributed by atoms with Gasteiger partial charge >= 0.3 is 189 Å². The van der Waals surface area contributed by atoms with E-state index in [0.29, 0.717) is 11.6 Å². The Morgan fingerprint density at radius 2 is 2.03 bits per heavy atom. The van der Waals surface area contributed by atoms with E-state index in [1.807, 2.05) is 43.3 Å². The van der Waals surface area contributed by atoms with E-state index in [1.165, 1.54) is 6.92 Å². The molecule has 0 aliphatic carbocycles. The van der Waals surface area contributed by atoms with Crippen LogP contribution in [0, 0.1) is 0 Å². The second kappa shape index (κ2) is 11.4. The van der Waals surface area contributed by atoms with Crippen LogP contribution in [0.4, 0.5) is 14.5 Å². The van der Waals surface area contributed by atoms with Gasteiger partial charge in [0.1, 0.15) is 0 Å². The minimum atomic E-state index is -2.35. The summed E-state index contributed by atoms with van der Waals surface area (Å²) in [5.41, 5.74) is 2.02. The molecule has 0 radical (unpaired) electrons. The Morgan fingerprint density at radius 1 is 1.26 bits per heavy atom. The molecule has 2 aromatic rings. The molecule has 0 saturated carbocycles. The maximum absolute atomic E-state index is 12.2. The molecule has 3 rings (SSSR count). The molecule has 1 aromatic heterocycles. The molecule has 1 aromatic carbocycles. The minimum absolute atomic E-state index is 0.0137. The molecule has 1 saturated heterocycles. The monoisotopic (exact) mass is 547 g/mol. The van der Waals surface area contributed by atoms with Crippen LogP contribution in [0.15, 0.2) is 42.6 Å². The maximum atomic E-state index is 12.2. The van der Waals surface area contributed by atoms with Gasteiger partial charge in [0.15, 0.2) is 0 Å². The van der Waals surface area contributed by atoms with Gasteiger partial charge in [-0.05, 0) is 0 Å². The quantitative estimate of drug-likeness (QED) is 0.273. The molecule has 31 heavy (non-hydrogen) atoms. The summed E-state index contributed by atoms with van der Waals surface area (Å²) in [5, 5.41) is 2.84. The number of halogens is 3. The number of alkyl halides is 4. The summed E-state index contributed by atoms with van der Waals surface area (Å²) in [6.07, 6.45) is 0.206.